The fraction of sp³-hybridized carbons (Fsp3) is 0.385. The molecule has 0 saturated heterocycles. The number of para-hydroxylation sites is 1. The third kappa shape index (κ3) is 2.39. The molecule has 6 heteroatoms. The normalized spacial score (nSPS) is 13.5. The van der Waals surface area contributed by atoms with Gasteiger partial charge >= 0.3 is 0 Å². The predicted molar refractivity (Wildman–Crippen MR) is 68.1 cm³/mol. The van der Waals surface area contributed by atoms with E-state index in [4.69, 9.17) is 19.6 Å². The molecular formula is C13H15N3O3. The fourth-order valence-electron chi connectivity index (χ4n) is 1.96. The lowest BCUT2D eigenvalue weighted by atomic mass is 10.2. The quantitative estimate of drug-likeness (QED) is 0.895. The summed E-state index contributed by atoms with van der Waals surface area (Å²) in [6, 6.07) is 5.63. The Bertz CT molecular complexity index is 568. The maximum absolute atomic E-state index is 5.63. The number of ether oxygens (including phenoxy) is 2. The summed E-state index contributed by atoms with van der Waals surface area (Å²) in [6.45, 7) is 1.69. The van der Waals surface area contributed by atoms with E-state index in [1.165, 1.54) is 0 Å². The zero-order chi connectivity index (χ0) is 13.1. The Kier molecular flexibility index (Phi) is 3.33. The Hall–Kier alpha value is -2.08. The average molecular weight is 261 g/mol. The second-order valence-corrected chi connectivity index (χ2v) is 4.22. The molecule has 0 spiro atoms. The van der Waals surface area contributed by atoms with Crippen LogP contribution in [-0.4, -0.2) is 30.0 Å². The van der Waals surface area contributed by atoms with Gasteiger partial charge in [0, 0.05) is 6.42 Å². The number of rotatable bonds is 4. The molecule has 1 aromatic heterocycles. The fourth-order valence-corrected chi connectivity index (χ4v) is 1.96. The Labute approximate surface area is 110 Å². The van der Waals surface area contributed by atoms with Gasteiger partial charge in [0.15, 0.2) is 11.5 Å². The zero-order valence-corrected chi connectivity index (χ0v) is 10.5. The highest BCUT2D eigenvalue weighted by molar-refractivity contribution is 5.67. The first kappa shape index (κ1) is 12.0. The van der Waals surface area contributed by atoms with Gasteiger partial charge in [-0.05, 0) is 25.1 Å². The minimum atomic E-state index is 0.453. The highest BCUT2D eigenvalue weighted by atomic mass is 16.6. The van der Waals surface area contributed by atoms with Crippen molar-refractivity contribution in [2.45, 2.75) is 12.8 Å². The number of nitrogens with zero attached hydrogens (tertiary/aromatic N) is 2. The topological polar surface area (TPSA) is 83.4 Å². The molecule has 2 heterocycles. The first-order valence-electron chi connectivity index (χ1n) is 6.30. The van der Waals surface area contributed by atoms with Gasteiger partial charge in [-0.25, -0.2) is 0 Å². The van der Waals surface area contributed by atoms with E-state index in [0.717, 1.165) is 12.0 Å². The van der Waals surface area contributed by atoms with Crippen molar-refractivity contribution in [2.24, 2.45) is 5.73 Å². The first-order chi connectivity index (χ1) is 9.38. The van der Waals surface area contributed by atoms with Crippen molar-refractivity contribution < 1.29 is 13.9 Å². The number of hydrogen-bond acceptors (Lipinski definition) is 6. The van der Waals surface area contributed by atoms with Gasteiger partial charge in [0.25, 0.3) is 5.89 Å². The van der Waals surface area contributed by atoms with Crippen molar-refractivity contribution in [2.75, 3.05) is 19.8 Å². The molecule has 0 fully saturated rings. The molecule has 100 valence electrons. The maximum Gasteiger partial charge on any atom is 0.251 e. The van der Waals surface area contributed by atoms with Crippen LogP contribution in [0.2, 0.25) is 0 Å². The van der Waals surface area contributed by atoms with Crippen LogP contribution in [0.4, 0.5) is 0 Å². The van der Waals surface area contributed by atoms with Crippen LogP contribution in [0.1, 0.15) is 12.3 Å². The summed E-state index contributed by atoms with van der Waals surface area (Å²) in [4.78, 5) is 0. The summed E-state index contributed by atoms with van der Waals surface area (Å²) in [6.07, 6.45) is 1.52. The minimum absolute atomic E-state index is 0.453. The van der Waals surface area contributed by atoms with Crippen LogP contribution in [0.5, 0.6) is 11.5 Å². The molecule has 0 aliphatic carbocycles. The summed E-state index contributed by atoms with van der Waals surface area (Å²) < 4.78 is 16.8. The number of nitrogens with two attached hydrogens (primary N) is 1. The van der Waals surface area contributed by atoms with Crippen LogP contribution in [0.25, 0.3) is 11.5 Å². The van der Waals surface area contributed by atoms with E-state index in [1.807, 2.05) is 18.2 Å². The van der Waals surface area contributed by atoms with E-state index >= 15 is 0 Å². The number of aryl methyl sites for hydroxylation is 1. The van der Waals surface area contributed by atoms with E-state index in [0.29, 0.717) is 49.5 Å². The van der Waals surface area contributed by atoms with Crippen molar-refractivity contribution in [1.82, 2.24) is 10.2 Å². The lowest BCUT2D eigenvalue weighted by Crippen LogP contribution is -2.15. The first-order valence-corrected chi connectivity index (χ1v) is 6.30. The molecule has 0 saturated carbocycles. The van der Waals surface area contributed by atoms with E-state index in [9.17, 15) is 0 Å². The molecule has 0 bridgehead atoms. The molecular weight excluding hydrogens is 246 g/mol. The molecule has 1 aliphatic heterocycles. The Morgan fingerprint density at radius 1 is 1.16 bits per heavy atom. The van der Waals surface area contributed by atoms with Gasteiger partial charge in [0.05, 0.1) is 5.56 Å². The monoisotopic (exact) mass is 261 g/mol. The zero-order valence-electron chi connectivity index (χ0n) is 10.5. The van der Waals surface area contributed by atoms with E-state index < -0.39 is 0 Å². The third-order valence-electron chi connectivity index (χ3n) is 2.86. The second kappa shape index (κ2) is 5.27. The molecule has 1 aliphatic rings. The molecule has 3 rings (SSSR count). The van der Waals surface area contributed by atoms with Crippen molar-refractivity contribution in [3.63, 3.8) is 0 Å². The van der Waals surface area contributed by atoms with Crippen molar-refractivity contribution in [1.29, 1.82) is 0 Å². The van der Waals surface area contributed by atoms with Gasteiger partial charge in [-0.15, -0.1) is 10.2 Å². The highest BCUT2D eigenvalue weighted by Gasteiger charge is 2.20. The molecule has 2 N–H and O–H groups in total. The molecule has 2 aromatic rings. The van der Waals surface area contributed by atoms with Gasteiger partial charge in [0.2, 0.25) is 5.89 Å². The number of hydrogen-bond donors (Lipinski definition) is 1. The minimum Gasteiger partial charge on any atom is -0.486 e. The number of aromatic nitrogens is 2. The van der Waals surface area contributed by atoms with Gasteiger partial charge in [-0.2, -0.15) is 0 Å². The van der Waals surface area contributed by atoms with Crippen LogP contribution < -0.4 is 15.2 Å². The van der Waals surface area contributed by atoms with Gasteiger partial charge < -0.3 is 19.6 Å². The molecule has 0 amide bonds. The molecule has 6 nitrogen and oxygen atoms in total. The lowest BCUT2D eigenvalue weighted by molar-refractivity contribution is 0.172. The molecule has 19 heavy (non-hydrogen) atoms. The maximum atomic E-state index is 5.63. The summed E-state index contributed by atoms with van der Waals surface area (Å²) >= 11 is 0. The van der Waals surface area contributed by atoms with Crippen LogP contribution >= 0.6 is 0 Å². The van der Waals surface area contributed by atoms with E-state index in [-0.39, 0.29) is 0 Å². The summed E-state index contributed by atoms with van der Waals surface area (Å²) in [5, 5.41) is 8.06. The van der Waals surface area contributed by atoms with Crippen LogP contribution in [0.3, 0.4) is 0 Å². The molecule has 0 unspecified atom stereocenters. The standard InChI is InChI=1S/C13H15N3O3/c14-6-2-5-11-15-16-13(19-11)9-3-1-4-10-12(9)18-8-7-17-10/h1,3-4H,2,5-8,14H2. The largest absolute Gasteiger partial charge is 0.486 e. The molecule has 1 aromatic carbocycles. The number of benzene rings is 1. The Morgan fingerprint density at radius 3 is 2.95 bits per heavy atom. The van der Waals surface area contributed by atoms with Crippen LogP contribution in [-0.2, 0) is 6.42 Å². The predicted octanol–water partition coefficient (Wildman–Crippen LogP) is 1.40. The third-order valence-corrected chi connectivity index (χ3v) is 2.86. The average Bonchev–Trinajstić information content (AvgIpc) is 2.93. The van der Waals surface area contributed by atoms with Gasteiger partial charge in [-0.3, -0.25) is 0 Å². The second-order valence-electron chi connectivity index (χ2n) is 4.22. The van der Waals surface area contributed by atoms with E-state index in [1.54, 1.807) is 0 Å². The van der Waals surface area contributed by atoms with E-state index in [2.05, 4.69) is 10.2 Å². The van der Waals surface area contributed by atoms with Crippen molar-refractivity contribution in [3.05, 3.63) is 24.1 Å². The summed E-state index contributed by atoms with van der Waals surface area (Å²) in [5.41, 5.74) is 6.23. The highest BCUT2D eigenvalue weighted by Crippen LogP contribution is 2.39. The Balaban J connectivity index is 1.91. The van der Waals surface area contributed by atoms with Gasteiger partial charge in [-0.1, -0.05) is 6.07 Å². The van der Waals surface area contributed by atoms with Crippen molar-refractivity contribution >= 4 is 0 Å². The Morgan fingerprint density at radius 2 is 2.05 bits per heavy atom. The van der Waals surface area contributed by atoms with Crippen LogP contribution in [0, 0.1) is 0 Å². The molecule has 0 radical (unpaired) electrons. The van der Waals surface area contributed by atoms with Crippen molar-refractivity contribution in [3.8, 4) is 23.0 Å². The summed E-state index contributed by atoms with van der Waals surface area (Å²) in [5.74, 6) is 2.43. The van der Waals surface area contributed by atoms with Gasteiger partial charge in [0.1, 0.15) is 13.2 Å². The lowest BCUT2D eigenvalue weighted by Gasteiger charge is -2.19. The molecule has 0 atom stereocenters. The summed E-state index contributed by atoms with van der Waals surface area (Å²) in [7, 11) is 0. The smallest absolute Gasteiger partial charge is 0.251 e. The SMILES string of the molecule is NCCCc1nnc(-c2cccc3c2OCCO3)o1. The number of fused-ring (bicyclic) bond motifs is 1. The van der Waals surface area contributed by atoms with Crippen LogP contribution in [0.15, 0.2) is 22.6 Å².